The molecule has 1 aromatic heterocycles. The van der Waals surface area contributed by atoms with E-state index < -0.39 is 0 Å². The van der Waals surface area contributed by atoms with Crippen LogP contribution in [0.15, 0.2) is 18.2 Å². The van der Waals surface area contributed by atoms with Crippen molar-refractivity contribution in [1.82, 2.24) is 9.97 Å². The standard InChI is InChI=1S/C13H17N3O2/c1-9-14-11-5-4-10(8-12(11)15-9)16(2)7-6-13(17)18-3/h4-5,8H,6-7H2,1-3H3,(H,14,15). The number of hydrogen-bond acceptors (Lipinski definition) is 4. The summed E-state index contributed by atoms with van der Waals surface area (Å²) in [6.45, 7) is 2.56. The number of aromatic amines is 1. The molecule has 0 aliphatic heterocycles. The maximum absolute atomic E-state index is 11.1. The average Bonchev–Trinajstić information content (AvgIpc) is 2.74. The van der Waals surface area contributed by atoms with E-state index in [0.29, 0.717) is 13.0 Å². The molecule has 2 aromatic rings. The number of fused-ring (bicyclic) bond motifs is 1. The maximum Gasteiger partial charge on any atom is 0.307 e. The van der Waals surface area contributed by atoms with Crippen LogP contribution in [-0.4, -0.2) is 36.6 Å². The Morgan fingerprint density at radius 1 is 1.50 bits per heavy atom. The molecule has 0 saturated carbocycles. The van der Waals surface area contributed by atoms with Crippen LogP contribution in [0, 0.1) is 6.92 Å². The van der Waals surface area contributed by atoms with Crippen molar-refractivity contribution in [3.05, 3.63) is 24.0 Å². The molecule has 1 heterocycles. The third kappa shape index (κ3) is 2.61. The van der Waals surface area contributed by atoms with Gasteiger partial charge in [0, 0.05) is 19.3 Å². The fraction of sp³-hybridized carbons (Fsp3) is 0.385. The number of carbonyl (C=O) groups excluding carboxylic acids is 1. The minimum Gasteiger partial charge on any atom is -0.469 e. The Labute approximate surface area is 106 Å². The lowest BCUT2D eigenvalue weighted by molar-refractivity contribution is -0.140. The van der Waals surface area contributed by atoms with E-state index in [0.717, 1.165) is 22.5 Å². The van der Waals surface area contributed by atoms with Gasteiger partial charge < -0.3 is 14.6 Å². The van der Waals surface area contributed by atoms with Gasteiger partial charge in [-0.05, 0) is 25.1 Å². The second kappa shape index (κ2) is 5.08. The number of H-pyrrole nitrogens is 1. The van der Waals surface area contributed by atoms with Crippen LogP contribution in [0.3, 0.4) is 0 Å². The molecular formula is C13H17N3O2. The first kappa shape index (κ1) is 12.4. The molecule has 0 unspecified atom stereocenters. The van der Waals surface area contributed by atoms with Crippen LogP contribution in [0.4, 0.5) is 5.69 Å². The molecule has 0 bridgehead atoms. The van der Waals surface area contributed by atoms with E-state index in [4.69, 9.17) is 0 Å². The first-order chi connectivity index (χ1) is 8.60. The third-order valence-electron chi connectivity index (χ3n) is 2.90. The lowest BCUT2D eigenvalue weighted by Crippen LogP contribution is -2.21. The van der Waals surface area contributed by atoms with Crippen molar-refractivity contribution < 1.29 is 9.53 Å². The Morgan fingerprint density at radius 3 is 3.00 bits per heavy atom. The summed E-state index contributed by atoms with van der Waals surface area (Å²) in [6, 6.07) is 6.01. The lowest BCUT2D eigenvalue weighted by Gasteiger charge is -2.18. The molecule has 0 radical (unpaired) electrons. The summed E-state index contributed by atoms with van der Waals surface area (Å²) >= 11 is 0. The summed E-state index contributed by atoms with van der Waals surface area (Å²) in [5, 5.41) is 0. The van der Waals surface area contributed by atoms with Crippen LogP contribution >= 0.6 is 0 Å². The average molecular weight is 247 g/mol. The number of ether oxygens (including phenoxy) is 1. The second-order valence-corrected chi connectivity index (χ2v) is 4.27. The van der Waals surface area contributed by atoms with Crippen LogP contribution in [0.5, 0.6) is 0 Å². The van der Waals surface area contributed by atoms with Gasteiger partial charge >= 0.3 is 5.97 Å². The van der Waals surface area contributed by atoms with Crippen molar-refractivity contribution in [3.63, 3.8) is 0 Å². The van der Waals surface area contributed by atoms with Gasteiger partial charge in [-0.2, -0.15) is 0 Å². The number of imidazole rings is 1. The van der Waals surface area contributed by atoms with Gasteiger partial charge in [-0.3, -0.25) is 4.79 Å². The fourth-order valence-electron chi connectivity index (χ4n) is 1.85. The highest BCUT2D eigenvalue weighted by Gasteiger charge is 2.07. The molecule has 0 atom stereocenters. The van der Waals surface area contributed by atoms with Crippen molar-refractivity contribution in [2.45, 2.75) is 13.3 Å². The van der Waals surface area contributed by atoms with E-state index in [9.17, 15) is 4.79 Å². The van der Waals surface area contributed by atoms with Gasteiger partial charge in [0.05, 0.1) is 24.6 Å². The molecule has 18 heavy (non-hydrogen) atoms. The predicted octanol–water partition coefficient (Wildman–Crippen LogP) is 1.87. The van der Waals surface area contributed by atoms with Crippen molar-refractivity contribution in [2.24, 2.45) is 0 Å². The molecule has 0 spiro atoms. The Hall–Kier alpha value is -2.04. The number of nitrogens with zero attached hydrogens (tertiary/aromatic N) is 2. The molecule has 2 rings (SSSR count). The van der Waals surface area contributed by atoms with Crippen LogP contribution in [0.1, 0.15) is 12.2 Å². The normalized spacial score (nSPS) is 10.6. The van der Waals surface area contributed by atoms with Crippen molar-refractivity contribution in [1.29, 1.82) is 0 Å². The Bertz CT molecular complexity index is 562. The Kier molecular flexibility index (Phi) is 3.50. The zero-order valence-electron chi connectivity index (χ0n) is 10.9. The van der Waals surface area contributed by atoms with Crippen LogP contribution < -0.4 is 4.90 Å². The van der Waals surface area contributed by atoms with E-state index in [1.807, 2.05) is 37.1 Å². The molecule has 0 saturated heterocycles. The maximum atomic E-state index is 11.1. The summed E-state index contributed by atoms with van der Waals surface area (Å²) in [7, 11) is 3.36. The van der Waals surface area contributed by atoms with Gasteiger partial charge in [0.15, 0.2) is 0 Å². The zero-order chi connectivity index (χ0) is 13.1. The summed E-state index contributed by atoms with van der Waals surface area (Å²) in [6.07, 6.45) is 0.382. The molecular weight excluding hydrogens is 230 g/mol. The number of aryl methyl sites for hydroxylation is 1. The number of rotatable bonds is 4. The van der Waals surface area contributed by atoms with E-state index in [-0.39, 0.29) is 5.97 Å². The summed E-state index contributed by atoms with van der Waals surface area (Å²) < 4.78 is 4.63. The highest BCUT2D eigenvalue weighted by atomic mass is 16.5. The van der Waals surface area contributed by atoms with Gasteiger partial charge in [0.25, 0.3) is 0 Å². The monoisotopic (exact) mass is 247 g/mol. The molecule has 1 aromatic carbocycles. The number of methoxy groups -OCH3 is 1. The summed E-state index contributed by atoms with van der Waals surface area (Å²) in [5.74, 6) is 0.708. The van der Waals surface area contributed by atoms with Crippen LogP contribution in [-0.2, 0) is 9.53 Å². The smallest absolute Gasteiger partial charge is 0.307 e. The Balaban J connectivity index is 2.12. The Morgan fingerprint density at radius 2 is 2.28 bits per heavy atom. The van der Waals surface area contributed by atoms with Gasteiger partial charge in [-0.25, -0.2) is 4.98 Å². The molecule has 5 nitrogen and oxygen atoms in total. The highest BCUT2D eigenvalue weighted by molar-refractivity contribution is 5.79. The van der Waals surface area contributed by atoms with Crippen LogP contribution in [0.25, 0.3) is 11.0 Å². The van der Waals surface area contributed by atoms with Gasteiger partial charge in [0.2, 0.25) is 0 Å². The molecule has 5 heteroatoms. The number of anilines is 1. The zero-order valence-corrected chi connectivity index (χ0v) is 10.9. The molecule has 0 amide bonds. The number of carbonyl (C=O) groups is 1. The SMILES string of the molecule is COC(=O)CCN(C)c1ccc2nc(C)[nH]c2c1. The topological polar surface area (TPSA) is 58.2 Å². The molecule has 0 aliphatic carbocycles. The number of aromatic nitrogens is 2. The number of nitrogens with one attached hydrogen (secondary N) is 1. The van der Waals surface area contributed by atoms with E-state index in [1.165, 1.54) is 7.11 Å². The van der Waals surface area contributed by atoms with Crippen molar-refractivity contribution >= 4 is 22.7 Å². The van der Waals surface area contributed by atoms with Crippen molar-refractivity contribution in [2.75, 3.05) is 25.6 Å². The predicted molar refractivity (Wildman–Crippen MR) is 70.7 cm³/mol. The van der Waals surface area contributed by atoms with E-state index >= 15 is 0 Å². The third-order valence-corrected chi connectivity index (χ3v) is 2.90. The minimum absolute atomic E-state index is 0.194. The van der Waals surface area contributed by atoms with Gasteiger partial charge in [0.1, 0.15) is 5.82 Å². The largest absolute Gasteiger partial charge is 0.469 e. The first-order valence-corrected chi connectivity index (χ1v) is 5.84. The van der Waals surface area contributed by atoms with Gasteiger partial charge in [-0.15, -0.1) is 0 Å². The molecule has 96 valence electrons. The quantitative estimate of drug-likeness (QED) is 0.838. The van der Waals surface area contributed by atoms with Gasteiger partial charge in [-0.1, -0.05) is 0 Å². The molecule has 0 aliphatic rings. The van der Waals surface area contributed by atoms with E-state index in [1.54, 1.807) is 0 Å². The highest BCUT2D eigenvalue weighted by Crippen LogP contribution is 2.19. The molecule has 0 fully saturated rings. The number of benzene rings is 1. The minimum atomic E-state index is -0.194. The molecule has 1 N–H and O–H groups in total. The first-order valence-electron chi connectivity index (χ1n) is 5.84. The van der Waals surface area contributed by atoms with Crippen molar-refractivity contribution in [3.8, 4) is 0 Å². The second-order valence-electron chi connectivity index (χ2n) is 4.27. The summed E-state index contributed by atoms with van der Waals surface area (Å²) in [4.78, 5) is 20.7. The fourth-order valence-corrected chi connectivity index (χ4v) is 1.85. The summed E-state index contributed by atoms with van der Waals surface area (Å²) in [5.41, 5.74) is 3.02. The number of esters is 1. The van der Waals surface area contributed by atoms with E-state index in [2.05, 4.69) is 14.7 Å². The number of hydrogen-bond donors (Lipinski definition) is 1. The lowest BCUT2D eigenvalue weighted by atomic mass is 10.2. The van der Waals surface area contributed by atoms with Crippen LogP contribution in [0.2, 0.25) is 0 Å².